The van der Waals surface area contributed by atoms with E-state index in [4.69, 9.17) is 0 Å². The molecular formula is C31H36N4O6S. The molecule has 1 aliphatic carbocycles. The number of amides is 2. The van der Waals surface area contributed by atoms with E-state index >= 15 is 0 Å². The second-order valence-electron chi connectivity index (χ2n) is 10.6. The maximum atomic E-state index is 14.0. The van der Waals surface area contributed by atoms with E-state index in [9.17, 15) is 28.1 Å². The number of nitrogens with one attached hydrogen (secondary N) is 1. The number of anilines is 1. The molecule has 3 aromatic rings. The molecule has 1 saturated carbocycles. The van der Waals surface area contributed by atoms with Crippen LogP contribution in [0.3, 0.4) is 0 Å². The number of rotatable bonds is 11. The van der Waals surface area contributed by atoms with Crippen molar-refractivity contribution >= 4 is 33.2 Å². The summed E-state index contributed by atoms with van der Waals surface area (Å²) in [6, 6.07) is 19.4. The van der Waals surface area contributed by atoms with Gasteiger partial charge in [0.2, 0.25) is 11.8 Å². The van der Waals surface area contributed by atoms with Crippen molar-refractivity contribution in [3.05, 3.63) is 100 Å². The molecule has 1 atom stereocenters. The molecule has 1 aliphatic rings. The van der Waals surface area contributed by atoms with Gasteiger partial charge in [0.25, 0.3) is 15.7 Å². The molecule has 0 bridgehead atoms. The van der Waals surface area contributed by atoms with Crippen LogP contribution in [-0.2, 0) is 26.2 Å². The van der Waals surface area contributed by atoms with E-state index in [2.05, 4.69) is 5.32 Å². The molecule has 222 valence electrons. The zero-order valence-electron chi connectivity index (χ0n) is 23.8. The molecule has 0 heterocycles. The van der Waals surface area contributed by atoms with Crippen LogP contribution in [0.5, 0.6) is 0 Å². The van der Waals surface area contributed by atoms with Crippen LogP contribution in [0, 0.1) is 17.0 Å². The summed E-state index contributed by atoms with van der Waals surface area (Å²) in [5.74, 6) is -0.878. The Labute approximate surface area is 246 Å². The van der Waals surface area contributed by atoms with Crippen molar-refractivity contribution in [2.45, 2.75) is 69.5 Å². The van der Waals surface area contributed by atoms with Gasteiger partial charge in [-0.2, -0.15) is 0 Å². The lowest BCUT2D eigenvalue weighted by Gasteiger charge is -2.33. The Morgan fingerprint density at radius 1 is 0.976 bits per heavy atom. The molecular weight excluding hydrogens is 556 g/mol. The smallest absolute Gasteiger partial charge is 0.269 e. The summed E-state index contributed by atoms with van der Waals surface area (Å²) in [5.41, 5.74) is 1.66. The van der Waals surface area contributed by atoms with E-state index in [1.54, 1.807) is 25.1 Å². The van der Waals surface area contributed by atoms with Gasteiger partial charge in [0, 0.05) is 24.7 Å². The summed E-state index contributed by atoms with van der Waals surface area (Å²) >= 11 is 0. The standard InChI is InChI=1S/C31H36N4O6S/c1-23-10-9-11-25(20-23)21-33(24(2)31(37)32-26-12-5-3-6-13-26)30(36)22-34(27-16-18-28(19-17-27)35(38)39)42(40,41)29-14-7-4-8-15-29/h4,7-11,14-20,24,26H,3,5-6,12-13,21-22H2,1-2H3,(H,32,37)/t24-/m0/s1. The van der Waals surface area contributed by atoms with Crippen LogP contribution in [0.15, 0.2) is 83.8 Å². The number of nitro groups is 1. The zero-order valence-corrected chi connectivity index (χ0v) is 24.6. The number of hydrogen-bond acceptors (Lipinski definition) is 6. The molecule has 42 heavy (non-hydrogen) atoms. The minimum absolute atomic E-state index is 0.0375. The molecule has 11 heteroatoms. The van der Waals surface area contributed by atoms with Gasteiger partial charge in [0.05, 0.1) is 15.5 Å². The Balaban J connectivity index is 1.68. The van der Waals surface area contributed by atoms with Crippen LogP contribution in [-0.4, -0.2) is 48.7 Å². The molecule has 0 spiro atoms. The first-order chi connectivity index (χ1) is 20.1. The van der Waals surface area contributed by atoms with Crippen molar-refractivity contribution in [1.82, 2.24) is 10.2 Å². The Hall–Kier alpha value is -4.25. The molecule has 0 aliphatic heterocycles. The molecule has 0 unspecified atom stereocenters. The van der Waals surface area contributed by atoms with Crippen LogP contribution >= 0.6 is 0 Å². The quantitative estimate of drug-likeness (QED) is 0.247. The number of carbonyl (C=O) groups excluding carboxylic acids is 2. The predicted octanol–water partition coefficient (Wildman–Crippen LogP) is 4.96. The lowest BCUT2D eigenvalue weighted by Crippen LogP contribution is -2.53. The average molecular weight is 593 g/mol. The summed E-state index contributed by atoms with van der Waals surface area (Å²) in [6.07, 6.45) is 4.97. The van der Waals surface area contributed by atoms with E-state index in [-0.39, 0.29) is 34.8 Å². The monoisotopic (exact) mass is 592 g/mol. The fourth-order valence-electron chi connectivity index (χ4n) is 5.15. The van der Waals surface area contributed by atoms with Crippen LogP contribution in [0.4, 0.5) is 11.4 Å². The number of aryl methyl sites for hydroxylation is 1. The maximum absolute atomic E-state index is 14.0. The third-order valence-electron chi connectivity index (χ3n) is 7.51. The SMILES string of the molecule is Cc1cccc(CN(C(=O)CN(c2ccc([N+](=O)[O-])cc2)S(=O)(=O)c2ccccc2)[C@@H](C)C(=O)NC2CCCCC2)c1. The van der Waals surface area contributed by atoms with Gasteiger partial charge in [0.15, 0.2) is 0 Å². The van der Waals surface area contributed by atoms with Gasteiger partial charge in [-0.1, -0.05) is 67.3 Å². The fraction of sp³-hybridized carbons (Fsp3) is 0.355. The first kappa shape index (κ1) is 30.7. The van der Waals surface area contributed by atoms with Crippen molar-refractivity contribution in [2.75, 3.05) is 10.8 Å². The zero-order chi connectivity index (χ0) is 30.3. The fourth-order valence-corrected chi connectivity index (χ4v) is 6.58. The second-order valence-corrected chi connectivity index (χ2v) is 12.5. The molecule has 3 aromatic carbocycles. The normalized spacial score (nSPS) is 14.5. The predicted molar refractivity (Wildman–Crippen MR) is 160 cm³/mol. The number of benzene rings is 3. The summed E-state index contributed by atoms with van der Waals surface area (Å²) in [4.78, 5) is 39.4. The molecule has 1 N–H and O–H groups in total. The van der Waals surface area contributed by atoms with Crippen LogP contribution in [0.1, 0.15) is 50.2 Å². The molecule has 2 amide bonds. The maximum Gasteiger partial charge on any atom is 0.269 e. The van der Waals surface area contributed by atoms with Crippen molar-refractivity contribution < 1.29 is 22.9 Å². The van der Waals surface area contributed by atoms with Crippen LogP contribution < -0.4 is 9.62 Å². The van der Waals surface area contributed by atoms with E-state index in [0.29, 0.717) is 0 Å². The number of sulfonamides is 1. The minimum atomic E-state index is -4.25. The van der Waals surface area contributed by atoms with Gasteiger partial charge in [-0.3, -0.25) is 24.0 Å². The first-order valence-corrected chi connectivity index (χ1v) is 15.5. The molecule has 0 radical (unpaired) electrons. The number of hydrogen-bond donors (Lipinski definition) is 1. The topological polar surface area (TPSA) is 130 Å². The van der Waals surface area contributed by atoms with Crippen LogP contribution in [0.25, 0.3) is 0 Å². The highest BCUT2D eigenvalue weighted by Gasteiger charge is 2.33. The molecule has 4 rings (SSSR count). The van der Waals surface area contributed by atoms with Gasteiger partial charge in [-0.25, -0.2) is 8.42 Å². The molecule has 0 saturated heterocycles. The molecule has 1 fully saturated rings. The van der Waals surface area contributed by atoms with Gasteiger partial charge < -0.3 is 10.2 Å². The minimum Gasteiger partial charge on any atom is -0.352 e. The van der Waals surface area contributed by atoms with E-state index in [1.807, 2.05) is 31.2 Å². The summed E-state index contributed by atoms with van der Waals surface area (Å²) in [7, 11) is -4.25. The molecule has 0 aromatic heterocycles. The number of non-ortho nitro benzene ring substituents is 1. The second kappa shape index (κ2) is 13.6. The van der Waals surface area contributed by atoms with Crippen molar-refractivity contribution in [3.8, 4) is 0 Å². The third kappa shape index (κ3) is 7.52. The Kier molecular flexibility index (Phi) is 9.95. The largest absolute Gasteiger partial charge is 0.352 e. The molecule has 10 nitrogen and oxygen atoms in total. The lowest BCUT2D eigenvalue weighted by atomic mass is 9.95. The van der Waals surface area contributed by atoms with Crippen molar-refractivity contribution in [3.63, 3.8) is 0 Å². The van der Waals surface area contributed by atoms with E-state index in [0.717, 1.165) is 47.5 Å². The third-order valence-corrected chi connectivity index (χ3v) is 9.30. The number of nitrogens with zero attached hydrogens (tertiary/aromatic N) is 3. The lowest BCUT2D eigenvalue weighted by molar-refractivity contribution is -0.384. The van der Waals surface area contributed by atoms with Gasteiger partial charge in [-0.05, 0) is 56.5 Å². The van der Waals surface area contributed by atoms with E-state index < -0.39 is 33.4 Å². The van der Waals surface area contributed by atoms with Gasteiger partial charge >= 0.3 is 0 Å². The van der Waals surface area contributed by atoms with Gasteiger partial charge in [-0.15, -0.1) is 0 Å². The Bertz CT molecular complexity index is 1510. The summed E-state index contributed by atoms with van der Waals surface area (Å²) in [6.45, 7) is 3.06. The average Bonchev–Trinajstić information content (AvgIpc) is 2.99. The van der Waals surface area contributed by atoms with Crippen molar-refractivity contribution in [2.24, 2.45) is 0 Å². The van der Waals surface area contributed by atoms with Gasteiger partial charge in [0.1, 0.15) is 12.6 Å². The highest BCUT2D eigenvalue weighted by atomic mass is 32.2. The van der Waals surface area contributed by atoms with E-state index in [1.165, 1.54) is 41.3 Å². The highest BCUT2D eigenvalue weighted by Crippen LogP contribution is 2.27. The highest BCUT2D eigenvalue weighted by molar-refractivity contribution is 7.92. The number of carbonyl (C=O) groups is 2. The summed E-state index contributed by atoms with van der Waals surface area (Å²) in [5, 5.41) is 14.3. The van der Waals surface area contributed by atoms with Crippen LogP contribution in [0.2, 0.25) is 0 Å². The first-order valence-electron chi connectivity index (χ1n) is 14.0. The summed E-state index contributed by atoms with van der Waals surface area (Å²) < 4.78 is 28.6. The van der Waals surface area contributed by atoms with Crippen molar-refractivity contribution in [1.29, 1.82) is 0 Å². The Morgan fingerprint density at radius 2 is 1.64 bits per heavy atom. The number of nitro benzene ring substituents is 1. The Morgan fingerprint density at radius 3 is 2.26 bits per heavy atom.